The van der Waals surface area contributed by atoms with Gasteiger partial charge in [-0.1, -0.05) is 36.7 Å². The Labute approximate surface area is 147 Å². The molecule has 0 radical (unpaired) electrons. The highest BCUT2D eigenvalue weighted by molar-refractivity contribution is 7.91. The molecule has 6 nitrogen and oxygen atoms in total. The number of benzene rings is 1. The molecule has 0 saturated carbocycles. The predicted molar refractivity (Wildman–Crippen MR) is 92.2 cm³/mol. The summed E-state index contributed by atoms with van der Waals surface area (Å²) in [5.41, 5.74) is 0.679. The van der Waals surface area contributed by atoms with Gasteiger partial charge in [-0.15, -0.1) is 0 Å². The Kier molecular flexibility index (Phi) is 5.66. The summed E-state index contributed by atoms with van der Waals surface area (Å²) >= 11 is 6.08. The van der Waals surface area contributed by atoms with Gasteiger partial charge in [0.1, 0.15) is 0 Å². The van der Waals surface area contributed by atoms with Gasteiger partial charge < -0.3 is 4.90 Å². The number of hydrogen-bond acceptors (Lipinski definition) is 4. The molecule has 130 valence electrons. The molecule has 0 fully saturated rings. The molecule has 2 rings (SSSR count). The summed E-state index contributed by atoms with van der Waals surface area (Å²) in [5, 5.41) is 3.59. The van der Waals surface area contributed by atoms with E-state index < -0.39 is 15.9 Å². The molecule has 0 bridgehead atoms. The first-order chi connectivity index (χ1) is 11.4. The summed E-state index contributed by atoms with van der Waals surface area (Å²) in [6.45, 7) is 6.53. The molecular weight excluding hydrogens is 350 g/mol. The van der Waals surface area contributed by atoms with Crippen molar-refractivity contribution in [3.05, 3.63) is 41.0 Å². The topological polar surface area (TPSA) is 72.3 Å². The maximum absolute atomic E-state index is 12.9. The lowest BCUT2D eigenvalue weighted by molar-refractivity contribution is 0.201. The van der Waals surface area contributed by atoms with E-state index in [0.29, 0.717) is 25.1 Å². The molecule has 0 aliphatic heterocycles. The summed E-state index contributed by atoms with van der Waals surface area (Å²) < 4.78 is 26.8. The average Bonchev–Trinajstić information content (AvgIpc) is 2.98. The molecule has 0 saturated heterocycles. The quantitative estimate of drug-likeness (QED) is 0.811. The van der Waals surface area contributed by atoms with Crippen LogP contribution in [-0.2, 0) is 16.3 Å². The van der Waals surface area contributed by atoms with Crippen molar-refractivity contribution in [2.24, 2.45) is 0 Å². The Hall–Kier alpha value is -1.86. The number of sulfone groups is 1. The van der Waals surface area contributed by atoms with Crippen LogP contribution >= 0.6 is 11.6 Å². The highest BCUT2D eigenvalue weighted by Gasteiger charge is 2.28. The minimum absolute atomic E-state index is 0.0681. The fourth-order valence-corrected chi connectivity index (χ4v) is 4.38. The molecule has 0 atom stereocenters. The van der Waals surface area contributed by atoms with Crippen molar-refractivity contribution in [1.82, 2.24) is 14.7 Å². The largest absolute Gasteiger partial charge is 0.344 e. The first-order valence-corrected chi connectivity index (χ1v) is 9.60. The van der Waals surface area contributed by atoms with Crippen LogP contribution in [-0.4, -0.2) is 42.2 Å². The van der Waals surface area contributed by atoms with Crippen LogP contribution in [0.1, 0.15) is 26.3 Å². The van der Waals surface area contributed by atoms with Crippen LogP contribution in [0.3, 0.4) is 0 Å². The van der Waals surface area contributed by atoms with Gasteiger partial charge in [-0.25, -0.2) is 13.2 Å². The van der Waals surface area contributed by atoms with Crippen LogP contribution < -0.4 is 0 Å². The van der Waals surface area contributed by atoms with Gasteiger partial charge >= 0.3 is 6.03 Å². The third kappa shape index (κ3) is 3.32. The summed E-state index contributed by atoms with van der Waals surface area (Å²) in [7, 11) is -3.90. The maximum atomic E-state index is 12.9. The third-order valence-electron chi connectivity index (χ3n) is 3.77. The first-order valence-electron chi connectivity index (χ1n) is 7.74. The second-order valence-corrected chi connectivity index (χ2v) is 7.39. The van der Waals surface area contributed by atoms with Gasteiger partial charge in [-0.3, -0.25) is 0 Å². The lowest BCUT2D eigenvalue weighted by Gasteiger charge is -2.17. The molecule has 24 heavy (non-hydrogen) atoms. The number of halogens is 1. The number of hydrogen-bond donors (Lipinski definition) is 0. The number of aromatic nitrogens is 2. The van der Waals surface area contributed by atoms with Gasteiger partial charge in [0.25, 0.3) is 0 Å². The average molecular weight is 370 g/mol. The van der Waals surface area contributed by atoms with Crippen LogP contribution in [0.25, 0.3) is 0 Å². The van der Waals surface area contributed by atoms with Crippen LogP contribution in [0, 0.1) is 0 Å². The number of carbonyl (C=O) groups is 1. The van der Waals surface area contributed by atoms with E-state index in [1.165, 1.54) is 17.2 Å². The molecule has 0 aliphatic carbocycles. The molecule has 8 heteroatoms. The van der Waals surface area contributed by atoms with E-state index in [2.05, 4.69) is 5.10 Å². The zero-order chi connectivity index (χ0) is 17.9. The SMILES string of the molecule is CCc1ccccc1S(=O)(=O)c1nn(C(=O)N(CC)CC)cc1Cl. The van der Waals surface area contributed by atoms with Gasteiger partial charge in [0.15, 0.2) is 0 Å². The van der Waals surface area contributed by atoms with E-state index in [1.807, 2.05) is 20.8 Å². The minimum atomic E-state index is -3.90. The van der Waals surface area contributed by atoms with E-state index in [4.69, 9.17) is 11.6 Å². The Morgan fingerprint density at radius 2 is 1.83 bits per heavy atom. The van der Waals surface area contributed by atoms with Crippen molar-refractivity contribution in [2.75, 3.05) is 13.1 Å². The number of aryl methyl sites for hydroxylation is 1. The van der Waals surface area contributed by atoms with Crippen LogP contribution in [0.5, 0.6) is 0 Å². The van der Waals surface area contributed by atoms with Crippen molar-refractivity contribution in [3.8, 4) is 0 Å². The summed E-state index contributed by atoms with van der Waals surface area (Å²) in [6.07, 6.45) is 1.80. The molecule has 2 aromatic rings. The predicted octanol–water partition coefficient (Wildman–Crippen LogP) is 3.24. The van der Waals surface area contributed by atoms with Gasteiger partial charge in [0, 0.05) is 13.1 Å². The second kappa shape index (κ2) is 7.36. The first kappa shape index (κ1) is 18.5. The Balaban J connectivity index is 2.51. The Morgan fingerprint density at radius 3 is 2.42 bits per heavy atom. The van der Waals surface area contributed by atoms with Crippen molar-refractivity contribution in [1.29, 1.82) is 0 Å². The van der Waals surface area contributed by atoms with Gasteiger partial charge in [0.05, 0.1) is 16.1 Å². The number of nitrogens with zero attached hydrogens (tertiary/aromatic N) is 3. The normalized spacial score (nSPS) is 11.5. The Bertz CT molecular complexity index is 842. The van der Waals surface area contributed by atoms with Gasteiger partial charge in [-0.05, 0) is 31.9 Å². The maximum Gasteiger partial charge on any atom is 0.344 e. The Morgan fingerprint density at radius 1 is 1.21 bits per heavy atom. The van der Waals surface area contributed by atoms with Gasteiger partial charge in [0.2, 0.25) is 14.9 Å². The van der Waals surface area contributed by atoms with Crippen LogP contribution in [0.15, 0.2) is 40.4 Å². The van der Waals surface area contributed by atoms with Crippen molar-refractivity contribution >= 4 is 27.5 Å². The molecule has 1 aromatic heterocycles. The lowest BCUT2D eigenvalue weighted by atomic mass is 10.2. The van der Waals surface area contributed by atoms with E-state index >= 15 is 0 Å². The minimum Gasteiger partial charge on any atom is -0.323 e. The van der Waals surface area contributed by atoms with E-state index in [9.17, 15) is 13.2 Å². The molecule has 0 N–H and O–H groups in total. The van der Waals surface area contributed by atoms with Crippen molar-refractivity contribution in [3.63, 3.8) is 0 Å². The monoisotopic (exact) mass is 369 g/mol. The standard InChI is InChI=1S/C16H20ClN3O3S/c1-4-12-9-7-8-10-14(12)24(22,23)15-13(17)11-20(18-15)16(21)19(5-2)6-3/h7-11H,4-6H2,1-3H3. The zero-order valence-corrected chi connectivity index (χ0v) is 15.4. The molecule has 0 spiro atoms. The molecule has 1 heterocycles. The number of rotatable bonds is 5. The van der Waals surface area contributed by atoms with Crippen LogP contribution in [0.4, 0.5) is 4.79 Å². The summed E-state index contributed by atoms with van der Waals surface area (Å²) in [4.78, 5) is 14.0. The van der Waals surface area contributed by atoms with E-state index in [1.54, 1.807) is 18.2 Å². The van der Waals surface area contributed by atoms with Crippen molar-refractivity contribution in [2.45, 2.75) is 37.1 Å². The highest BCUT2D eigenvalue weighted by Crippen LogP contribution is 2.28. The van der Waals surface area contributed by atoms with Gasteiger partial charge in [-0.2, -0.15) is 9.78 Å². The fraction of sp³-hybridized carbons (Fsp3) is 0.375. The van der Waals surface area contributed by atoms with Crippen LogP contribution in [0.2, 0.25) is 5.02 Å². The third-order valence-corrected chi connectivity index (χ3v) is 5.94. The van der Waals surface area contributed by atoms with E-state index in [-0.39, 0.29) is 14.9 Å². The molecule has 1 aromatic carbocycles. The lowest BCUT2D eigenvalue weighted by Crippen LogP contribution is -2.34. The molecule has 0 unspecified atom stereocenters. The number of carbonyl (C=O) groups excluding carboxylic acids is 1. The molecular formula is C16H20ClN3O3S. The van der Waals surface area contributed by atoms with Crippen molar-refractivity contribution < 1.29 is 13.2 Å². The molecule has 1 amide bonds. The van der Waals surface area contributed by atoms with E-state index in [0.717, 1.165) is 4.68 Å². The smallest absolute Gasteiger partial charge is 0.323 e. The zero-order valence-electron chi connectivity index (χ0n) is 13.9. The fourth-order valence-electron chi connectivity index (χ4n) is 2.42. The second-order valence-electron chi connectivity index (χ2n) is 5.15. The summed E-state index contributed by atoms with van der Waals surface area (Å²) in [6, 6.07) is 6.29. The number of amides is 1. The highest BCUT2D eigenvalue weighted by atomic mass is 35.5. The summed E-state index contributed by atoms with van der Waals surface area (Å²) in [5.74, 6) is 0. The molecule has 0 aliphatic rings.